The molecule has 0 aliphatic carbocycles. The predicted octanol–water partition coefficient (Wildman–Crippen LogP) is 9.06. The van der Waals surface area contributed by atoms with Gasteiger partial charge in [0.2, 0.25) is 0 Å². The highest BCUT2D eigenvalue weighted by Gasteiger charge is 2.13. The second-order valence-electron chi connectivity index (χ2n) is 9.67. The molecule has 0 amide bonds. The summed E-state index contributed by atoms with van der Waals surface area (Å²) in [5.41, 5.74) is 0.942. The van der Waals surface area contributed by atoms with Crippen LogP contribution in [0.5, 0.6) is 0 Å². The number of benzene rings is 1. The third-order valence-corrected chi connectivity index (χ3v) is 6.36. The molecule has 0 heterocycles. The highest BCUT2D eigenvalue weighted by atomic mass is 16.5. The Morgan fingerprint density at radius 2 is 1.03 bits per heavy atom. The normalized spacial score (nSPS) is 11.9. The number of rotatable bonds is 21. The molecule has 4 heteroatoms. The lowest BCUT2D eigenvalue weighted by Gasteiger charge is -2.13. The first-order chi connectivity index (χ1) is 16.6. The smallest absolute Gasteiger partial charge is 0.338 e. The Bertz CT molecular complexity index is 638. The highest BCUT2D eigenvalue weighted by Crippen LogP contribution is 2.14. The minimum Gasteiger partial charge on any atom is -0.462 e. The molecule has 0 saturated carbocycles. The van der Waals surface area contributed by atoms with E-state index in [2.05, 4.69) is 13.8 Å². The van der Waals surface area contributed by atoms with Crippen molar-refractivity contribution < 1.29 is 19.1 Å². The summed E-state index contributed by atoms with van der Waals surface area (Å²) in [6.45, 7) is 6.80. The van der Waals surface area contributed by atoms with Crippen molar-refractivity contribution in [2.45, 2.75) is 136 Å². The fourth-order valence-electron chi connectivity index (χ4n) is 4.10. The van der Waals surface area contributed by atoms with Crippen LogP contribution in [-0.2, 0) is 9.47 Å². The van der Waals surface area contributed by atoms with Crippen molar-refractivity contribution in [1.82, 2.24) is 0 Å². The van der Waals surface area contributed by atoms with E-state index in [1.165, 1.54) is 70.6 Å². The topological polar surface area (TPSA) is 52.6 Å². The lowest BCUT2D eigenvalue weighted by Crippen LogP contribution is -2.15. The molecule has 1 rings (SSSR count). The van der Waals surface area contributed by atoms with E-state index < -0.39 is 0 Å². The zero-order chi connectivity index (χ0) is 24.9. The summed E-state index contributed by atoms with van der Waals surface area (Å²) >= 11 is 0. The summed E-state index contributed by atoms with van der Waals surface area (Å²) in [5, 5.41) is 0. The first-order valence-corrected chi connectivity index (χ1v) is 14.1. The molecule has 1 aromatic rings. The Hall–Kier alpha value is -1.84. The second kappa shape index (κ2) is 20.5. The fraction of sp³-hybridized carbons (Fsp3) is 0.733. The number of esters is 2. The van der Waals surface area contributed by atoms with E-state index in [1.807, 2.05) is 6.92 Å². The van der Waals surface area contributed by atoms with Crippen LogP contribution in [0.15, 0.2) is 24.3 Å². The molecule has 0 fully saturated rings. The lowest BCUT2D eigenvalue weighted by atomic mass is 10.0. The maximum Gasteiger partial charge on any atom is 0.338 e. The fourth-order valence-corrected chi connectivity index (χ4v) is 4.10. The SMILES string of the molecule is CCCCCCCCCCCCCCCOC(=O)c1ccc(C(=O)OC(C)CCCCC)cc1. The van der Waals surface area contributed by atoms with Crippen LogP contribution < -0.4 is 0 Å². The zero-order valence-corrected chi connectivity index (χ0v) is 22.2. The van der Waals surface area contributed by atoms with Gasteiger partial charge in [-0.25, -0.2) is 9.59 Å². The third-order valence-electron chi connectivity index (χ3n) is 6.36. The molecule has 4 nitrogen and oxygen atoms in total. The van der Waals surface area contributed by atoms with Gasteiger partial charge in [0.05, 0.1) is 23.8 Å². The van der Waals surface area contributed by atoms with Gasteiger partial charge in [0.25, 0.3) is 0 Å². The Balaban J connectivity index is 2.08. The van der Waals surface area contributed by atoms with Crippen LogP contribution in [0.25, 0.3) is 0 Å². The number of carbonyl (C=O) groups excluding carboxylic acids is 2. The molecule has 0 spiro atoms. The van der Waals surface area contributed by atoms with Gasteiger partial charge < -0.3 is 9.47 Å². The maximum atomic E-state index is 12.2. The van der Waals surface area contributed by atoms with E-state index in [0.29, 0.717) is 17.7 Å². The van der Waals surface area contributed by atoms with Crippen molar-refractivity contribution in [3.63, 3.8) is 0 Å². The number of carbonyl (C=O) groups is 2. The molecule has 1 atom stereocenters. The molecule has 0 saturated heterocycles. The van der Waals surface area contributed by atoms with E-state index >= 15 is 0 Å². The Labute approximate surface area is 209 Å². The minimum atomic E-state index is -0.337. The summed E-state index contributed by atoms with van der Waals surface area (Å²) in [6, 6.07) is 6.57. The Morgan fingerprint density at radius 1 is 0.618 bits per heavy atom. The van der Waals surface area contributed by atoms with E-state index in [9.17, 15) is 9.59 Å². The maximum absolute atomic E-state index is 12.2. The molecular formula is C30H50O4. The quantitative estimate of drug-likeness (QED) is 0.132. The third kappa shape index (κ3) is 15.1. The van der Waals surface area contributed by atoms with Crippen molar-refractivity contribution in [3.8, 4) is 0 Å². The van der Waals surface area contributed by atoms with Crippen LogP contribution in [0.2, 0.25) is 0 Å². The number of hydrogen-bond acceptors (Lipinski definition) is 4. The first-order valence-electron chi connectivity index (χ1n) is 14.1. The van der Waals surface area contributed by atoms with Gasteiger partial charge in [0.15, 0.2) is 0 Å². The van der Waals surface area contributed by atoms with Crippen molar-refractivity contribution in [1.29, 1.82) is 0 Å². The molecule has 1 unspecified atom stereocenters. The van der Waals surface area contributed by atoms with Gasteiger partial charge in [-0.1, -0.05) is 104 Å². The minimum absolute atomic E-state index is 0.0935. The molecule has 0 N–H and O–H groups in total. The second-order valence-corrected chi connectivity index (χ2v) is 9.67. The molecule has 1 aromatic carbocycles. The van der Waals surface area contributed by atoms with Crippen LogP contribution in [0.3, 0.4) is 0 Å². The molecule has 0 bridgehead atoms. The predicted molar refractivity (Wildman–Crippen MR) is 141 cm³/mol. The van der Waals surface area contributed by atoms with E-state index in [4.69, 9.17) is 9.47 Å². The summed E-state index contributed by atoms with van der Waals surface area (Å²) < 4.78 is 10.9. The summed E-state index contributed by atoms with van der Waals surface area (Å²) in [4.78, 5) is 24.5. The molecule has 0 radical (unpaired) electrons. The molecular weight excluding hydrogens is 424 g/mol. The van der Waals surface area contributed by atoms with Gasteiger partial charge >= 0.3 is 11.9 Å². The van der Waals surface area contributed by atoms with Crippen LogP contribution in [0, 0.1) is 0 Å². The van der Waals surface area contributed by atoms with Gasteiger partial charge in [0.1, 0.15) is 0 Å². The Kier molecular flexibility index (Phi) is 18.2. The Morgan fingerprint density at radius 3 is 1.53 bits per heavy atom. The van der Waals surface area contributed by atoms with Crippen LogP contribution in [-0.4, -0.2) is 24.6 Å². The van der Waals surface area contributed by atoms with E-state index in [1.54, 1.807) is 24.3 Å². The van der Waals surface area contributed by atoms with Crippen molar-refractivity contribution >= 4 is 11.9 Å². The van der Waals surface area contributed by atoms with Crippen molar-refractivity contribution in [2.75, 3.05) is 6.61 Å². The average Bonchev–Trinajstić information content (AvgIpc) is 2.84. The molecule has 0 aromatic heterocycles. The summed E-state index contributed by atoms with van der Waals surface area (Å²) in [6.07, 6.45) is 21.0. The number of unbranched alkanes of at least 4 members (excludes halogenated alkanes) is 14. The molecule has 0 aliphatic rings. The van der Waals surface area contributed by atoms with E-state index in [-0.39, 0.29) is 18.0 Å². The van der Waals surface area contributed by atoms with Gasteiger partial charge in [-0.05, 0) is 50.5 Å². The van der Waals surface area contributed by atoms with E-state index in [0.717, 1.165) is 38.5 Å². The highest BCUT2D eigenvalue weighted by molar-refractivity contribution is 5.93. The molecule has 34 heavy (non-hydrogen) atoms. The van der Waals surface area contributed by atoms with Crippen LogP contribution in [0.4, 0.5) is 0 Å². The summed E-state index contributed by atoms with van der Waals surface area (Å²) in [5.74, 6) is -0.664. The zero-order valence-electron chi connectivity index (χ0n) is 22.2. The first kappa shape index (κ1) is 30.2. The number of hydrogen-bond donors (Lipinski definition) is 0. The van der Waals surface area contributed by atoms with Crippen molar-refractivity contribution in [3.05, 3.63) is 35.4 Å². The standard InChI is InChI=1S/C30H50O4/c1-4-6-8-9-10-11-12-13-14-15-16-17-19-25-33-29(31)27-21-23-28(24-22-27)30(32)34-26(3)20-18-7-5-2/h21-24,26H,4-20,25H2,1-3H3. The average molecular weight is 475 g/mol. The van der Waals surface area contributed by atoms with Crippen molar-refractivity contribution in [2.24, 2.45) is 0 Å². The number of ether oxygens (including phenoxy) is 2. The van der Waals surface area contributed by atoms with Gasteiger partial charge in [0, 0.05) is 0 Å². The summed E-state index contributed by atoms with van der Waals surface area (Å²) in [7, 11) is 0. The largest absolute Gasteiger partial charge is 0.462 e. The van der Waals surface area contributed by atoms with Gasteiger partial charge in [-0.2, -0.15) is 0 Å². The molecule has 0 aliphatic heterocycles. The lowest BCUT2D eigenvalue weighted by molar-refractivity contribution is 0.0318. The van der Waals surface area contributed by atoms with Gasteiger partial charge in [-0.15, -0.1) is 0 Å². The van der Waals surface area contributed by atoms with Crippen LogP contribution >= 0.6 is 0 Å². The monoisotopic (exact) mass is 474 g/mol. The van der Waals surface area contributed by atoms with Gasteiger partial charge in [-0.3, -0.25) is 0 Å². The molecule has 194 valence electrons. The van der Waals surface area contributed by atoms with Crippen LogP contribution in [0.1, 0.15) is 151 Å².